The topological polar surface area (TPSA) is 24.9 Å². The first-order chi connectivity index (χ1) is 16.3. The smallest absolute Gasteiger partial charge is 0.161 e. The van der Waals surface area contributed by atoms with Crippen LogP contribution in [0.1, 0.15) is 22.3 Å². The second kappa shape index (κ2) is 9.70. The highest BCUT2D eigenvalue weighted by molar-refractivity contribution is 5.51. The number of ether oxygens (including phenoxy) is 2. The summed E-state index contributed by atoms with van der Waals surface area (Å²) in [5.74, 6) is 1.96. The molecule has 0 saturated heterocycles. The molecule has 0 saturated carbocycles. The summed E-state index contributed by atoms with van der Waals surface area (Å²) in [5.41, 5.74) is 6.20. The molecule has 0 atom stereocenters. The van der Waals surface area contributed by atoms with Gasteiger partial charge in [-0.15, -0.1) is 0 Å². The zero-order valence-corrected chi connectivity index (χ0v) is 18.7. The Bertz CT molecular complexity index is 1180. The van der Waals surface area contributed by atoms with E-state index < -0.39 is 0 Å². The Morgan fingerprint density at radius 3 is 2.18 bits per heavy atom. The Labute approximate surface area is 195 Å². The summed E-state index contributed by atoms with van der Waals surface area (Å²) in [5, 5.41) is 0. The maximum Gasteiger partial charge on any atom is 0.161 e. The number of nitrogens with zero attached hydrogens (tertiary/aromatic N) is 2. The van der Waals surface area contributed by atoms with Crippen LogP contribution in [0.5, 0.6) is 11.5 Å². The molecule has 3 aromatic rings. The largest absolute Gasteiger partial charge is 0.473 e. The summed E-state index contributed by atoms with van der Waals surface area (Å²) in [7, 11) is 0. The van der Waals surface area contributed by atoms with Crippen molar-refractivity contribution in [3.63, 3.8) is 0 Å². The number of hydrogen-bond donors (Lipinski definition) is 0. The Morgan fingerprint density at radius 2 is 1.45 bits per heavy atom. The van der Waals surface area contributed by atoms with Crippen LogP contribution in [0, 0.1) is 0 Å². The Morgan fingerprint density at radius 1 is 0.758 bits per heavy atom. The van der Waals surface area contributed by atoms with Crippen LogP contribution in [0.25, 0.3) is 0 Å². The van der Waals surface area contributed by atoms with Gasteiger partial charge in [0.05, 0.1) is 0 Å². The van der Waals surface area contributed by atoms with Gasteiger partial charge in [0, 0.05) is 36.1 Å². The number of anilines is 1. The predicted octanol–water partition coefficient (Wildman–Crippen LogP) is 6.04. The highest BCUT2D eigenvalue weighted by Crippen LogP contribution is 2.31. The minimum Gasteiger partial charge on any atom is -0.473 e. The van der Waals surface area contributed by atoms with Gasteiger partial charge in [-0.05, 0) is 60.0 Å². The molecule has 2 aliphatic rings. The molecule has 0 fully saturated rings. The van der Waals surface area contributed by atoms with E-state index in [1.54, 1.807) is 6.08 Å². The third kappa shape index (κ3) is 4.96. The van der Waals surface area contributed by atoms with Gasteiger partial charge in [0.1, 0.15) is 11.5 Å². The summed E-state index contributed by atoms with van der Waals surface area (Å²) in [6.45, 7) is 6.53. The lowest BCUT2D eigenvalue weighted by Gasteiger charge is -2.31. The van der Waals surface area contributed by atoms with Crippen molar-refractivity contribution in [2.24, 2.45) is 0 Å². The summed E-state index contributed by atoms with van der Waals surface area (Å²) in [4.78, 5) is 4.42. The van der Waals surface area contributed by atoms with E-state index in [2.05, 4.69) is 83.2 Å². The van der Waals surface area contributed by atoms with Crippen molar-refractivity contribution in [2.45, 2.75) is 19.5 Å². The van der Waals surface area contributed by atoms with Crippen molar-refractivity contribution in [1.29, 1.82) is 0 Å². The van der Waals surface area contributed by atoms with Gasteiger partial charge in [-0.3, -0.25) is 0 Å². The summed E-state index contributed by atoms with van der Waals surface area (Å²) < 4.78 is 12.0. The second-order valence-electron chi connectivity index (χ2n) is 8.35. The molecule has 0 bridgehead atoms. The zero-order chi connectivity index (χ0) is 22.5. The molecule has 3 aromatic carbocycles. The number of fused-ring (bicyclic) bond motifs is 2. The van der Waals surface area contributed by atoms with Gasteiger partial charge in [-0.1, -0.05) is 55.1 Å². The van der Waals surface area contributed by atoms with Crippen LogP contribution in [0.3, 0.4) is 0 Å². The predicted molar refractivity (Wildman–Crippen MR) is 133 cm³/mol. The molecule has 0 radical (unpaired) electrons. The van der Waals surface area contributed by atoms with Crippen molar-refractivity contribution in [3.05, 3.63) is 126 Å². The van der Waals surface area contributed by atoms with Crippen LogP contribution < -0.4 is 14.4 Å². The van der Waals surface area contributed by atoms with Gasteiger partial charge in [-0.25, -0.2) is 0 Å². The van der Waals surface area contributed by atoms with E-state index in [9.17, 15) is 0 Å². The van der Waals surface area contributed by atoms with Gasteiger partial charge in [0.2, 0.25) is 0 Å². The molecule has 166 valence electrons. The van der Waals surface area contributed by atoms with E-state index in [0.29, 0.717) is 13.5 Å². The van der Waals surface area contributed by atoms with Crippen LogP contribution in [-0.2, 0) is 19.5 Å². The monoisotopic (exact) mass is 436 g/mol. The fraction of sp³-hybridized carbons (Fsp3) is 0.172. The minimum atomic E-state index is 0.563. The van der Waals surface area contributed by atoms with Crippen molar-refractivity contribution in [1.82, 2.24) is 4.90 Å². The van der Waals surface area contributed by atoms with Crippen LogP contribution >= 0.6 is 0 Å². The molecule has 5 rings (SSSR count). The third-order valence-corrected chi connectivity index (χ3v) is 5.93. The van der Waals surface area contributed by atoms with Crippen molar-refractivity contribution < 1.29 is 9.47 Å². The fourth-order valence-electron chi connectivity index (χ4n) is 4.28. The third-order valence-electron chi connectivity index (χ3n) is 5.93. The Kier molecular flexibility index (Phi) is 6.16. The average molecular weight is 437 g/mol. The number of para-hydroxylation sites is 1. The molecule has 0 unspecified atom stereocenters. The molecular formula is C29H28N2O2. The molecule has 0 spiro atoms. The van der Waals surface area contributed by atoms with Crippen LogP contribution in [0.4, 0.5) is 5.69 Å². The molecular weight excluding hydrogens is 408 g/mol. The van der Waals surface area contributed by atoms with Gasteiger partial charge < -0.3 is 19.3 Å². The molecule has 0 aliphatic carbocycles. The summed E-state index contributed by atoms with van der Waals surface area (Å²) >= 11 is 0. The van der Waals surface area contributed by atoms with Gasteiger partial charge in [0.25, 0.3) is 0 Å². The maximum absolute atomic E-state index is 6.02. The van der Waals surface area contributed by atoms with E-state index >= 15 is 0 Å². The first-order valence-electron chi connectivity index (χ1n) is 11.3. The normalized spacial score (nSPS) is 15.2. The molecule has 4 heteroatoms. The zero-order valence-electron chi connectivity index (χ0n) is 18.7. The standard InChI is InChI=1S/C29H28N2O2/c1-2-3-4-8-15-30-19-25-17-23(11-13-28(25)32-21-30)16-24-12-14-29-26(18-24)20-31(22-33-29)27-9-6-5-7-10-27/h2-15,17-18H,1,16,19-22H2/b4-3-,15-8+. The molecule has 2 aliphatic heterocycles. The maximum atomic E-state index is 6.02. The van der Waals surface area contributed by atoms with Crippen LogP contribution in [-0.4, -0.2) is 18.4 Å². The second-order valence-corrected chi connectivity index (χ2v) is 8.35. The lowest BCUT2D eigenvalue weighted by Crippen LogP contribution is -2.31. The quantitative estimate of drug-likeness (QED) is 0.440. The van der Waals surface area contributed by atoms with Crippen molar-refractivity contribution >= 4 is 5.69 Å². The van der Waals surface area contributed by atoms with Gasteiger partial charge in [0.15, 0.2) is 13.5 Å². The first-order valence-corrected chi connectivity index (χ1v) is 11.3. The lowest BCUT2D eigenvalue weighted by atomic mass is 9.99. The Balaban J connectivity index is 1.29. The number of allylic oxidation sites excluding steroid dienone is 4. The summed E-state index contributed by atoms with van der Waals surface area (Å²) in [6.07, 6.45) is 10.6. The van der Waals surface area contributed by atoms with E-state index in [4.69, 9.17) is 9.47 Å². The van der Waals surface area contributed by atoms with Gasteiger partial charge in [-0.2, -0.15) is 0 Å². The molecule has 2 heterocycles. The number of benzene rings is 3. The highest BCUT2D eigenvalue weighted by Gasteiger charge is 2.19. The van der Waals surface area contributed by atoms with Crippen LogP contribution in [0.15, 0.2) is 104 Å². The first kappa shape index (κ1) is 21.0. The summed E-state index contributed by atoms with van der Waals surface area (Å²) in [6, 6.07) is 23.5. The lowest BCUT2D eigenvalue weighted by molar-refractivity contribution is 0.140. The number of hydrogen-bond acceptors (Lipinski definition) is 4. The molecule has 4 nitrogen and oxygen atoms in total. The SMILES string of the molecule is C=C/C=C\C=C\N1COc2ccc(Cc3ccc4c(c3)CN(c3ccccc3)CO4)cc2C1. The van der Waals surface area contributed by atoms with Crippen molar-refractivity contribution in [3.8, 4) is 11.5 Å². The minimum absolute atomic E-state index is 0.563. The number of rotatable bonds is 6. The van der Waals surface area contributed by atoms with E-state index in [1.165, 1.54) is 27.9 Å². The van der Waals surface area contributed by atoms with Crippen LogP contribution in [0.2, 0.25) is 0 Å². The van der Waals surface area contributed by atoms with Crippen molar-refractivity contribution in [2.75, 3.05) is 18.4 Å². The molecule has 0 aromatic heterocycles. The molecule has 33 heavy (non-hydrogen) atoms. The van der Waals surface area contributed by atoms with E-state index in [0.717, 1.165) is 31.0 Å². The Hall–Kier alpha value is -3.92. The molecule has 0 N–H and O–H groups in total. The van der Waals surface area contributed by atoms with E-state index in [1.807, 2.05) is 24.3 Å². The molecule has 0 amide bonds. The fourth-order valence-corrected chi connectivity index (χ4v) is 4.28. The van der Waals surface area contributed by atoms with E-state index in [-0.39, 0.29) is 0 Å². The average Bonchev–Trinajstić information content (AvgIpc) is 2.86. The highest BCUT2D eigenvalue weighted by atomic mass is 16.5. The van der Waals surface area contributed by atoms with Gasteiger partial charge >= 0.3 is 0 Å².